The Labute approximate surface area is 112 Å². The minimum absolute atomic E-state index is 0.00911. The van der Waals surface area contributed by atoms with E-state index in [0.29, 0.717) is 13.1 Å². The van der Waals surface area contributed by atoms with Crippen LogP contribution in [0.1, 0.15) is 25.0 Å². The van der Waals surface area contributed by atoms with Crippen LogP contribution in [0, 0.1) is 11.7 Å². The van der Waals surface area contributed by atoms with Gasteiger partial charge in [-0.05, 0) is 30.9 Å². The van der Waals surface area contributed by atoms with Crippen LogP contribution in [0.2, 0.25) is 0 Å². The third-order valence-corrected chi connectivity index (χ3v) is 3.53. The molecule has 19 heavy (non-hydrogen) atoms. The first-order valence-corrected chi connectivity index (χ1v) is 6.68. The monoisotopic (exact) mass is 266 g/mol. The topological polar surface area (TPSA) is 53.4 Å². The van der Waals surface area contributed by atoms with Crippen molar-refractivity contribution in [3.63, 3.8) is 0 Å². The van der Waals surface area contributed by atoms with E-state index < -0.39 is 5.82 Å². The summed E-state index contributed by atoms with van der Waals surface area (Å²) < 4.78 is 13.5. The molecule has 0 aliphatic carbocycles. The lowest BCUT2D eigenvalue weighted by Gasteiger charge is -2.23. The zero-order chi connectivity index (χ0) is 13.7. The normalized spacial score (nSPS) is 20.1. The standard InChI is InChI=1S/C14H19FN2O2/c15-12-5-3-6-16-13(12)8-14(19)17-7-2-1-4-11(9-17)10-18/h3,5-6,11,18H,1-2,4,7-10H2. The van der Waals surface area contributed by atoms with Crippen molar-refractivity contribution >= 4 is 5.91 Å². The molecule has 4 nitrogen and oxygen atoms in total. The number of carbonyl (C=O) groups excluding carboxylic acids is 1. The molecule has 1 aromatic heterocycles. The quantitative estimate of drug-likeness (QED) is 0.899. The molecule has 0 spiro atoms. The summed E-state index contributed by atoms with van der Waals surface area (Å²) in [5, 5.41) is 9.24. The van der Waals surface area contributed by atoms with Gasteiger partial charge in [-0.3, -0.25) is 9.78 Å². The molecule has 1 atom stereocenters. The first kappa shape index (κ1) is 13.9. The van der Waals surface area contributed by atoms with Gasteiger partial charge in [0.25, 0.3) is 0 Å². The highest BCUT2D eigenvalue weighted by atomic mass is 19.1. The number of aliphatic hydroxyl groups is 1. The highest BCUT2D eigenvalue weighted by Crippen LogP contribution is 2.17. The van der Waals surface area contributed by atoms with Crippen LogP contribution in [-0.2, 0) is 11.2 Å². The Morgan fingerprint density at radius 2 is 2.37 bits per heavy atom. The second-order valence-electron chi connectivity index (χ2n) is 4.99. The lowest BCUT2D eigenvalue weighted by Crippen LogP contribution is -2.36. The molecular weight excluding hydrogens is 247 g/mol. The zero-order valence-corrected chi connectivity index (χ0v) is 10.9. The van der Waals surface area contributed by atoms with Crippen LogP contribution in [-0.4, -0.2) is 40.6 Å². The third kappa shape index (κ3) is 3.73. The van der Waals surface area contributed by atoms with E-state index in [1.165, 1.54) is 18.3 Å². The fraction of sp³-hybridized carbons (Fsp3) is 0.571. The van der Waals surface area contributed by atoms with Crippen molar-refractivity contribution in [3.8, 4) is 0 Å². The Kier molecular flexibility index (Phi) is 4.85. The molecule has 1 fully saturated rings. The van der Waals surface area contributed by atoms with Crippen LogP contribution in [0.25, 0.3) is 0 Å². The summed E-state index contributed by atoms with van der Waals surface area (Å²) in [5.41, 5.74) is 0.192. The van der Waals surface area contributed by atoms with E-state index in [9.17, 15) is 14.3 Å². The van der Waals surface area contributed by atoms with E-state index in [2.05, 4.69) is 4.98 Å². The molecule has 1 aliphatic heterocycles. The van der Waals surface area contributed by atoms with Gasteiger partial charge in [-0.2, -0.15) is 0 Å². The zero-order valence-electron chi connectivity index (χ0n) is 10.9. The Balaban J connectivity index is 2.00. The van der Waals surface area contributed by atoms with Crippen molar-refractivity contribution in [1.29, 1.82) is 0 Å². The van der Waals surface area contributed by atoms with Gasteiger partial charge in [0.15, 0.2) is 0 Å². The number of amides is 1. The maximum absolute atomic E-state index is 13.5. The summed E-state index contributed by atoms with van der Waals surface area (Å²) in [7, 11) is 0. The number of aromatic nitrogens is 1. The van der Waals surface area contributed by atoms with E-state index in [0.717, 1.165) is 19.3 Å². The van der Waals surface area contributed by atoms with Crippen molar-refractivity contribution in [2.75, 3.05) is 19.7 Å². The number of rotatable bonds is 3. The third-order valence-electron chi connectivity index (χ3n) is 3.53. The molecule has 1 aromatic rings. The van der Waals surface area contributed by atoms with Gasteiger partial charge in [0.2, 0.25) is 5.91 Å². The van der Waals surface area contributed by atoms with Crippen molar-refractivity contribution < 1.29 is 14.3 Å². The van der Waals surface area contributed by atoms with Gasteiger partial charge in [-0.25, -0.2) is 4.39 Å². The SMILES string of the molecule is O=C(Cc1ncccc1F)N1CCCCC(CO)C1. The van der Waals surface area contributed by atoms with Gasteiger partial charge in [0, 0.05) is 25.9 Å². The minimum Gasteiger partial charge on any atom is -0.396 e. The molecule has 1 N–H and O–H groups in total. The molecule has 2 heterocycles. The first-order chi connectivity index (χ1) is 9.20. The summed E-state index contributed by atoms with van der Waals surface area (Å²) in [6, 6.07) is 2.83. The summed E-state index contributed by atoms with van der Waals surface area (Å²) in [6.07, 6.45) is 4.38. The molecule has 1 aliphatic rings. The number of aliphatic hydroxyl groups excluding tert-OH is 1. The number of nitrogens with zero attached hydrogens (tertiary/aromatic N) is 2. The highest BCUT2D eigenvalue weighted by molar-refractivity contribution is 5.78. The number of halogens is 1. The predicted molar refractivity (Wildman–Crippen MR) is 68.9 cm³/mol. The fourth-order valence-corrected chi connectivity index (χ4v) is 2.41. The van der Waals surface area contributed by atoms with Gasteiger partial charge >= 0.3 is 0 Å². The second kappa shape index (κ2) is 6.61. The van der Waals surface area contributed by atoms with Gasteiger partial charge in [0.05, 0.1) is 12.1 Å². The summed E-state index contributed by atoms with van der Waals surface area (Å²) in [6.45, 7) is 1.34. The predicted octanol–water partition coefficient (Wildman–Crippen LogP) is 1.38. The van der Waals surface area contributed by atoms with Crippen molar-refractivity contribution in [2.45, 2.75) is 25.7 Å². The van der Waals surface area contributed by atoms with Crippen LogP contribution in [0.15, 0.2) is 18.3 Å². The maximum atomic E-state index is 13.5. The number of hydrogen-bond acceptors (Lipinski definition) is 3. The summed E-state index contributed by atoms with van der Waals surface area (Å²) in [5.74, 6) is -0.414. The van der Waals surface area contributed by atoms with Crippen LogP contribution >= 0.6 is 0 Å². The van der Waals surface area contributed by atoms with E-state index in [1.54, 1.807) is 4.90 Å². The highest BCUT2D eigenvalue weighted by Gasteiger charge is 2.22. The second-order valence-corrected chi connectivity index (χ2v) is 4.99. The average Bonchev–Trinajstić information content (AvgIpc) is 2.66. The average molecular weight is 266 g/mol. The van der Waals surface area contributed by atoms with E-state index in [-0.39, 0.29) is 30.5 Å². The van der Waals surface area contributed by atoms with E-state index in [4.69, 9.17) is 0 Å². The summed E-state index contributed by atoms with van der Waals surface area (Å²) in [4.78, 5) is 17.8. The van der Waals surface area contributed by atoms with Crippen LogP contribution in [0.4, 0.5) is 4.39 Å². The van der Waals surface area contributed by atoms with Crippen LogP contribution in [0.3, 0.4) is 0 Å². The molecule has 1 amide bonds. The molecule has 104 valence electrons. The van der Waals surface area contributed by atoms with Gasteiger partial charge in [-0.15, -0.1) is 0 Å². The van der Waals surface area contributed by atoms with Gasteiger partial charge in [-0.1, -0.05) is 6.42 Å². The lowest BCUT2D eigenvalue weighted by molar-refractivity contribution is -0.131. The number of hydrogen-bond donors (Lipinski definition) is 1. The Morgan fingerprint density at radius 3 is 3.11 bits per heavy atom. The van der Waals surface area contributed by atoms with Crippen molar-refractivity contribution in [1.82, 2.24) is 9.88 Å². The molecule has 1 saturated heterocycles. The molecule has 0 bridgehead atoms. The minimum atomic E-state index is -0.440. The Hall–Kier alpha value is -1.49. The molecular formula is C14H19FN2O2. The fourth-order valence-electron chi connectivity index (χ4n) is 2.41. The molecule has 0 saturated carbocycles. The number of pyridine rings is 1. The molecule has 2 rings (SSSR count). The molecule has 0 aromatic carbocycles. The first-order valence-electron chi connectivity index (χ1n) is 6.68. The van der Waals surface area contributed by atoms with Gasteiger partial charge < -0.3 is 10.0 Å². The molecule has 5 heteroatoms. The maximum Gasteiger partial charge on any atom is 0.228 e. The molecule has 0 radical (unpaired) electrons. The lowest BCUT2D eigenvalue weighted by atomic mass is 10.0. The largest absolute Gasteiger partial charge is 0.396 e. The summed E-state index contributed by atoms with van der Waals surface area (Å²) >= 11 is 0. The number of carbonyl (C=O) groups is 1. The van der Waals surface area contributed by atoms with Crippen molar-refractivity contribution in [3.05, 3.63) is 29.8 Å². The Morgan fingerprint density at radius 1 is 1.53 bits per heavy atom. The smallest absolute Gasteiger partial charge is 0.228 e. The van der Waals surface area contributed by atoms with Gasteiger partial charge in [0.1, 0.15) is 5.82 Å². The van der Waals surface area contributed by atoms with E-state index in [1.807, 2.05) is 0 Å². The Bertz CT molecular complexity index is 439. The van der Waals surface area contributed by atoms with Crippen molar-refractivity contribution in [2.24, 2.45) is 5.92 Å². The number of likely N-dealkylation sites (tertiary alicyclic amines) is 1. The van der Waals surface area contributed by atoms with E-state index >= 15 is 0 Å². The van der Waals surface area contributed by atoms with Crippen LogP contribution in [0.5, 0.6) is 0 Å². The molecule has 1 unspecified atom stereocenters. The van der Waals surface area contributed by atoms with Crippen LogP contribution < -0.4 is 0 Å².